The summed E-state index contributed by atoms with van der Waals surface area (Å²) < 4.78 is 14.7. The lowest BCUT2D eigenvalue weighted by Crippen LogP contribution is -2.51. The molecule has 0 spiro atoms. The fourth-order valence-electron chi connectivity index (χ4n) is 3.21. The molecule has 0 heterocycles. The van der Waals surface area contributed by atoms with Gasteiger partial charge in [-0.25, -0.2) is 0 Å². The van der Waals surface area contributed by atoms with E-state index < -0.39 is 5.60 Å². The molecule has 1 heteroatoms. The summed E-state index contributed by atoms with van der Waals surface area (Å²) in [6.45, 7) is -0.128. The van der Waals surface area contributed by atoms with Crippen molar-refractivity contribution in [1.29, 1.82) is 0 Å². The van der Waals surface area contributed by atoms with Crippen molar-refractivity contribution in [2.24, 2.45) is 5.41 Å². The number of hydrogen-bond acceptors (Lipinski definition) is 1. The number of rotatable bonds is 1. The maximum absolute atomic E-state index is 10.7. The minimum atomic E-state index is -0.614. The molecule has 0 aromatic rings. The third kappa shape index (κ3) is 1.25. The molecular formula is C12H20O. The number of fused-ring (bicyclic) bond motifs is 1. The molecule has 0 aromatic heterocycles. The molecule has 0 amide bonds. The van der Waals surface area contributed by atoms with Crippen LogP contribution in [0.2, 0.25) is 0 Å². The van der Waals surface area contributed by atoms with Crippen molar-refractivity contribution in [3.05, 3.63) is 12.6 Å². The second-order valence-corrected chi connectivity index (χ2v) is 4.75. The molecule has 2 rings (SSSR count). The van der Waals surface area contributed by atoms with Gasteiger partial charge in [-0.3, -0.25) is 0 Å². The summed E-state index contributed by atoms with van der Waals surface area (Å²) in [4.78, 5) is 0. The van der Waals surface area contributed by atoms with Crippen molar-refractivity contribution < 1.29 is 7.85 Å². The van der Waals surface area contributed by atoms with E-state index in [2.05, 4.69) is 0 Å². The maximum atomic E-state index is 10.7. The van der Waals surface area contributed by atoms with Gasteiger partial charge >= 0.3 is 0 Å². The van der Waals surface area contributed by atoms with E-state index in [4.69, 9.17) is 2.74 Å². The van der Waals surface area contributed by atoms with Gasteiger partial charge in [-0.1, -0.05) is 31.8 Å². The predicted octanol–water partition coefficient (Wildman–Crippen LogP) is 3.04. The zero-order chi connectivity index (χ0) is 10.9. The van der Waals surface area contributed by atoms with E-state index in [0.29, 0.717) is 0 Å². The fraction of sp³-hybridized carbons (Fsp3) is 0.833. The standard InChI is InChI=1S/C12H20O/c1-2-11-7-3-5-9-12(11,13)10-6-4-8-11/h2,13H,1,3-10H2/i1D2. The molecule has 1 nitrogen and oxygen atoms in total. The zero-order valence-corrected chi connectivity index (χ0v) is 8.18. The Hall–Kier alpha value is -0.300. The highest BCUT2D eigenvalue weighted by Crippen LogP contribution is 2.53. The van der Waals surface area contributed by atoms with E-state index in [1.54, 1.807) is 6.08 Å². The van der Waals surface area contributed by atoms with Gasteiger partial charge in [-0.05, 0) is 25.7 Å². The minimum absolute atomic E-state index is 0.128. The second kappa shape index (κ2) is 3.13. The Morgan fingerprint density at radius 3 is 2.15 bits per heavy atom. The maximum Gasteiger partial charge on any atom is 0.0737 e. The number of hydrogen-bond donors (Lipinski definition) is 1. The van der Waals surface area contributed by atoms with Crippen LogP contribution in [-0.4, -0.2) is 10.7 Å². The van der Waals surface area contributed by atoms with Gasteiger partial charge in [-0.2, -0.15) is 0 Å². The highest BCUT2D eigenvalue weighted by Gasteiger charge is 2.50. The van der Waals surface area contributed by atoms with E-state index >= 15 is 0 Å². The molecule has 0 aliphatic heterocycles. The summed E-state index contributed by atoms with van der Waals surface area (Å²) >= 11 is 0. The van der Waals surface area contributed by atoms with Crippen LogP contribution in [0.1, 0.15) is 54.1 Å². The topological polar surface area (TPSA) is 20.2 Å². The Kier molecular flexibility index (Phi) is 1.70. The van der Waals surface area contributed by atoms with Crippen LogP contribution < -0.4 is 0 Å². The molecule has 74 valence electrons. The van der Waals surface area contributed by atoms with Crippen LogP contribution in [-0.2, 0) is 0 Å². The zero-order valence-electron chi connectivity index (χ0n) is 10.2. The molecule has 2 aliphatic rings. The molecule has 0 radical (unpaired) electrons. The monoisotopic (exact) mass is 182 g/mol. The Labute approximate surface area is 83.7 Å². The van der Waals surface area contributed by atoms with Crippen LogP contribution in [0.25, 0.3) is 0 Å². The molecule has 0 unspecified atom stereocenters. The summed E-state index contributed by atoms with van der Waals surface area (Å²) in [5, 5.41) is 10.7. The summed E-state index contributed by atoms with van der Waals surface area (Å²) in [5.41, 5.74) is -0.862. The summed E-state index contributed by atoms with van der Waals surface area (Å²) in [6.07, 6.45) is 9.81. The van der Waals surface area contributed by atoms with Gasteiger partial charge < -0.3 is 5.11 Å². The summed E-state index contributed by atoms with van der Waals surface area (Å²) in [7, 11) is 0. The van der Waals surface area contributed by atoms with Gasteiger partial charge in [-0.15, -0.1) is 6.53 Å². The van der Waals surface area contributed by atoms with Crippen LogP contribution in [0.5, 0.6) is 0 Å². The summed E-state index contributed by atoms with van der Waals surface area (Å²) in [5.74, 6) is 0. The second-order valence-electron chi connectivity index (χ2n) is 4.75. The van der Waals surface area contributed by atoms with Gasteiger partial charge in [0.25, 0.3) is 0 Å². The van der Waals surface area contributed by atoms with E-state index in [9.17, 15) is 5.11 Å². The van der Waals surface area contributed by atoms with Crippen LogP contribution in [0.4, 0.5) is 0 Å². The molecule has 1 N–H and O–H groups in total. The largest absolute Gasteiger partial charge is 0.389 e. The molecular weight excluding hydrogens is 160 g/mol. The Balaban J connectivity index is 2.33. The first-order valence-electron chi connectivity index (χ1n) is 6.47. The first kappa shape index (κ1) is 7.05. The van der Waals surface area contributed by atoms with Crippen molar-refractivity contribution in [3.8, 4) is 0 Å². The van der Waals surface area contributed by atoms with Crippen molar-refractivity contribution >= 4 is 0 Å². The molecule has 0 bridgehead atoms. The van der Waals surface area contributed by atoms with Gasteiger partial charge in [0.2, 0.25) is 0 Å². The lowest BCUT2D eigenvalue weighted by Gasteiger charge is -2.52. The predicted molar refractivity (Wildman–Crippen MR) is 54.5 cm³/mol. The van der Waals surface area contributed by atoms with E-state index in [1.165, 1.54) is 0 Å². The van der Waals surface area contributed by atoms with Crippen molar-refractivity contribution in [2.75, 3.05) is 0 Å². The smallest absolute Gasteiger partial charge is 0.0737 e. The first-order valence-corrected chi connectivity index (χ1v) is 5.47. The highest BCUT2D eigenvalue weighted by molar-refractivity contribution is 5.11. The van der Waals surface area contributed by atoms with Gasteiger partial charge in [0.15, 0.2) is 0 Å². The average Bonchev–Trinajstić information content (AvgIpc) is 2.17. The molecule has 2 saturated carbocycles. The molecule has 0 aromatic carbocycles. The highest BCUT2D eigenvalue weighted by atomic mass is 16.3. The SMILES string of the molecule is [2H]C([2H])=CC12CCCCC1(O)CCCC2. The molecule has 13 heavy (non-hydrogen) atoms. The Morgan fingerprint density at radius 2 is 1.62 bits per heavy atom. The normalized spacial score (nSPS) is 47.2. The molecule has 0 atom stereocenters. The van der Waals surface area contributed by atoms with Crippen LogP contribution in [0, 0.1) is 5.41 Å². The van der Waals surface area contributed by atoms with Gasteiger partial charge in [0.05, 0.1) is 8.34 Å². The Morgan fingerprint density at radius 1 is 1.08 bits per heavy atom. The lowest BCUT2D eigenvalue weighted by molar-refractivity contribution is -0.116. The van der Waals surface area contributed by atoms with Crippen molar-refractivity contribution in [2.45, 2.75) is 57.0 Å². The molecule has 2 aliphatic carbocycles. The molecule has 0 saturated heterocycles. The summed E-state index contributed by atoms with van der Waals surface area (Å²) in [6, 6.07) is 0. The fourth-order valence-corrected chi connectivity index (χ4v) is 3.21. The van der Waals surface area contributed by atoms with E-state index in [1.807, 2.05) is 0 Å². The number of aliphatic hydroxyl groups is 1. The van der Waals surface area contributed by atoms with Gasteiger partial charge in [0.1, 0.15) is 0 Å². The van der Waals surface area contributed by atoms with Gasteiger partial charge in [0, 0.05) is 5.41 Å². The van der Waals surface area contributed by atoms with E-state index in [0.717, 1.165) is 51.4 Å². The Bertz CT molecular complexity index is 257. The first-order chi connectivity index (χ1) is 7.08. The quantitative estimate of drug-likeness (QED) is 0.618. The molecule has 2 fully saturated rings. The van der Waals surface area contributed by atoms with Crippen molar-refractivity contribution in [3.63, 3.8) is 0 Å². The average molecular weight is 182 g/mol. The lowest BCUT2D eigenvalue weighted by atomic mass is 9.56. The van der Waals surface area contributed by atoms with Crippen LogP contribution in [0.15, 0.2) is 12.6 Å². The van der Waals surface area contributed by atoms with Crippen LogP contribution in [0.3, 0.4) is 0 Å². The van der Waals surface area contributed by atoms with E-state index in [-0.39, 0.29) is 11.9 Å². The van der Waals surface area contributed by atoms with Crippen molar-refractivity contribution in [1.82, 2.24) is 0 Å². The third-order valence-electron chi connectivity index (χ3n) is 4.13. The van der Waals surface area contributed by atoms with Crippen LogP contribution >= 0.6 is 0 Å². The minimum Gasteiger partial charge on any atom is -0.389 e. The third-order valence-corrected chi connectivity index (χ3v) is 4.13.